The van der Waals surface area contributed by atoms with Gasteiger partial charge in [-0.15, -0.1) is 0 Å². The van der Waals surface area contributed by atoms with E-state index in [0.29, 0.717) is 5.56 Å². The van der Waals surface area contributed by atoms with Crippen LogP contribution in [-0.4, -0.2) is 37.4 Å². The highest BCUT2D eigenvalue weighted by Gasteiger charge is 2.09. The molecule has 0 amide bonds. The van der Waals surface area contributed by atoms with Gasteiger partial charge in [-0.25, -0.2) is 0 Å². The van der Waals surface area contributed by atoms with Crippen molar-refractivity contribution >= 4 is 6.29 Å². The Morgan fingerprint density at radius 2 is 1.87 bits per heavy atom. The zero-order chi connectivity index (χ0) is 10.5. The van der Waals surface area contributed by atoms with Crippen LogP contribution in [0.5, 0.6) is 0 Å². The summed E-state index contributed by atoms with van der Waals surface area (Å²) in [6.45, 7) is 5.31. The van der Waals surface area contributed by atoms with Gasteiger partial charge in [0, 0.05) is 38.3 Å². The number of piperazine rings is 1. The number of nitrogens with one attached hydrogen (secondary N) is 1. The molecule has 0 bridgehead atoms. The first kappa shape index (κ1) is 10.3. The number of carbonyl (C=O) groups excluding carboxylic acids is 1. The molecule has 1 radical (unpaired) electrons. The lowest BCUT2D eigenvalue weighted by atomic mass is 10.1. The average molecular weight is 203 g/mol. The summed E-state index contributed by atoms with van der Waals surface area (Å²) in [5, 5.41) is 3.33. The van der Waals surface area contributed by atoms with E-state index in [1.165, 1.54) is 5.56 Å². The summed E-state index contributed by atoms with van der Waals surface area (Å²) in [5.74, 6) is 0. The Balaban J connectivity index is 1.94. The van der Waals surface area contributed by atoms with Gasteiger partial charge in [-0.1, -0.05) is 24.3 Å². The summed E-state index contributed by atoms with van der Waals surface area (Å²) in [7, 11) is 0. The van der Waals surface area contributed by atoms with Crippen LogP contribution >= 0.6 is 0 Å². The summed E-state index contributed by atoms with van der Waals surface area (Å²) in [4.78, 5) is 12.8. The molecule has 79 valence electrons. The number of benzene rings is 1. The number of rotatable bonds is 3. The average Bonchev–Trinajstić information content (AvgIpc) is 2.31. The lowest BCUT2D eigenvalue weighted by Gasteiger charge is -2.27. The molecule has 1 aromatic carbocycles. The molecular formula is C12H15N2O. The number of hydrogen-bond donors (Lipinski definition) is 1. The van der Waals surface area contributed by atoms with Gasteiger partial charge in [-0.05, 0) is 5.56 Å². The van der Waals surface area contributed by atoms with E-state index < -0.39 is 0 Å². The van der Waals surface area contributed by atoms with Crippen LogP contribution in [0.25, 0.3) is 0 Å². The molecule has 0 atom stereocenters. The minimum Gasteiger partial charge on any atom is -0.314 e. The maximum absolute atomic E-state index is 10.4. The highest BCUT2D eigenvalue weighted by Crippen LogP contribution is 2.06. The second-order valence-electron chi connectivity index (χ2n) is 3.83. The smallest absolute Gasteiger partial charge is 0.233 e. The Kier molecular flexibility index (Phi) is 3.48. The molecule has 3 heteroatoms. The minimum atomic E-state index is 0.624. The molecule has 1 aliphatic rings. The van der Waals surface area contributed by atoms with Gasteiger partial charge in [0.25, 0.3) is 0 Å². The molecule has 0 spiro atoms. The van der Waals surface area contributed by atoms with Crippen molar-refractivity contribution in [3.63, 3.8) is 0 Å². The molecule has 0 saturated carbocycles. The molecule has 1 N–H and O–H groups in total. The summed E-state index contributed by atoms with van der Waals surface area (Å²) in [6, 6.07) is 7.65. The first-order valence-corrected chi connectivity index (χ1v) is 5.28. The Labute approximate surface area is 90.1 Å². The van der Waals surface area contributed by atoms with E-state index in [-0.39, 0.29) is 0 Å². The van der Waals surface area contributed by atoms with Crippen LogP contribution in [0.3, 0.4) is 0 Å². The van der Waals surface area contributed by atoms with Gasteiger partial charge in [-0.2, -0.15) is 0 Å². The largest absolute Gasteiger partial charge is 0.314 e. The zero-order valence-corrected chi connectivity index (χ0v) is 8.70. The van der Waals surface area contributed by atoms with E-state index in [0.717, 1.165) is 32.7 Å². The Morgan fingerprint density at radius 3 is 2.47 bits per heavy atom. The van der Waals surface area contributed by atoms with Gasteiger partial charge < -0.3 is 5.32 Å². The normalized spacial score (nSPS) is 17.6. The number of hydrogen-bond acceptors (Lipinski definition) is 3. The SMILES string of the molecule is O=[C]c1ccc(CN2CCNCC2)cc1. The molecular weight excluding hydrogens is 188 g/mol. The van der Waals surface area contributed by atoms with Crippen molar-refractivity contribution < 1.29 is 4.79 Å². The summed E-state index contributed by atoms with van der Waals surface area (Å²) >= 11 is 0. The Morgan fingerprint density at radius 1 is 1.20 bits per heavy atom. The maximum atomic E-state index is 10.4. The van der Waals surface area contributed by atoms with Crippen molar-refractivity contribution in [2.45, 2.75) is 6.54 Å². The van der Waals surface area contributed by atoms with E-state index in [4.69, 9.17) is 0 Å². The maximum Gasteiger partial charge on any atom is 0.233 e. The molecule has 0 aromatic heterocycles. The lowest BCUT2D eigenvalue weighted by Crippen LogP contribution is -2.42. The third kappa shape index (κ3) is 2.88. The zero-order valence-electron chi connectivity index (χ0n) is 8.70. The van der Waals surface area contributed by atoms with Crippen molar-refractivity contribution in [1.82, 2.24) is 10.2 Å². The topological polar surface area (TPSA) is 32.3 Å². The minimum absolute atomic E-state index is 0.624. The standard InChI is InChI=1S/C12H15N2O/c15-10-12-3-1-11(2-4-12)9-14-7-5-13-6-8-14/h1-4,13H,5-9H2. The van der Waals surface area contributed by atoms with Crippen molar-refractivity contribution in [3.8, 4) is 0 Å². The third-order valence-corrected chi connectivity index (χ3v) is 2.69. The first-order valence-electron chi connectivity index (χ1n) is 5.28. The molecule has 1 heterocycles. The molecule has 1 fully saturated rings. The summed E-state index contributed by atoms with van der Waals surface area (Å²) in [5.41, 5.74) is 1.88. The van der Waals surface area contributed by atoms with Crippen LogP contribution in [0.2, 0.25) is 0 Å². The van der Waals surface area contributed by atoms with Crippen LogP contribution in [-0.2, 0) is 11.3 Å². The fraction of sp³-hybridized carbons (Fsp3) is 0.417. The Hall–Kier alpha value is -1.19. The van der Waals surface area contributed by atoms with Crippen molar-refractivity contribution in [2.75, 3.05) is 26.2 Å². The van der Waals surface area contributed by atoms with Crippen LogP contribution < -0.4 is 5.32 Å². The van der Waals surface area contributed by atoms with Gasteiger partial charge >= 0.3 is 0 Å². The van der Waals surface area contributed by atoms with Crippen molar-refractivity contribution in [2.24, 2.45) is 0 Å². The molecule has 0 aliphatic carbocycles. The summed E-state index contributed by atoms with van der Waals surface area (Å²) in [6.07, 6.45) is 1.88. The monoisotopic (exact) mass is 203 g/mol. The van der Waals surface area contributed by atoms with E-state index in [1.807, 2.05) is 30.6 Å². The quantitative estimate of drug-likeness (QED) is 0.778. The van der Waals surface area contributed by atoms with Gasteiger partial charge in [-0.3, -0.25) is 9.69 Å². The van der Waals surface area contributed by atoms with Crippen molar-refractivity contribution in [3.05, 3.63) is 35.4 Å². The first-order chi connectivity index (χ1) is 7.38. The molecule has 1 saturated heterocycles. The second kappa shape index (κ2) is 5.05. The second-order valence-corrected chi connectivity index (χ2v) is 3.83. The lowest BCUT2D eigenvalue weighted by molar-refractivity contribution is 0.233. The molecule has 1 aliphatic heterocycles. The highest BCUT2D eigenvalue weighted by molar-refractivity contribution is 5.75. The molecule has 2 rings (SSSR count). The predicted molar refractivity (Wildman–Crippen MR) is 59.4 cm³/mol. The van der Waals surface area contributed by atoms with E-state index >= 15 is 0 Å². The van der Waals surface area contributed by atoms with E-state index in [2.05, 4.69) is 10.2 Å². The van der Waals surface area contributed by atoms with E-state index in [9.17, 15) is 4.79 Å². The van der Waals surface area contributed by atoms with Gasteiger partial charge in [0.15, 0.2) is 0 Å². The van der Waals surface area contributed by atoms with Gasteiger partial charge in [0.1, 0.15) is 0 Å². The fourth-order valence-electron chi connectivity index (χ4n) is 1.81. The van der Waals surface area contributed by atoms with Crippen LogP contribution in [0.15, 0.2) is 24.3 Å². The highest BCUT2D eigenvalue weighted by atomic mass is 16.1. The van der Waals surface area contributed by atoms with Gasteiger partial charge in [0.2, 0.25) is 6.29 Å². The Bertz CT molecular complexity index is 315. The fourth-order valence-corrected chi connectivity index (χ4v) is 1.81. The van der Waals surface area contributed by atoms with Gasteiger partial charge in [0.05, 0.1) is 0 Å². The van der Waals surface area contributed by atoms with Crippen LogP contribution in [0.4, 0.5) is 0 Å². The van der Waals surface area contributed by atoms with Crippen LogP contribution in [0.1, 0.15) is 11.1 Å². The molecule has 15 heavy (non-hydrogen) atoms. The van der Waals surface area contributed by atoms with E-state index in [1.54, 1.807) is 0 Å². The third-order valence-electron chi connectivity index (χ3n) is 2.69. The molecule has 0 unspecified atom stereocenters. The summed E-state index contributed by atoms with van der Waals surface area (Å²) < 4.78 is 0. The van der Waals surface area contributed by atoms with Crippen molar-refractivity contribution in [1.29, 1.82) is 0 Å². The molecule has 1 aromatic rings. The number of nitrogens with zero attached hydrogens (tertiary/aromatic N) is 1. The van der Waals surface area contributed by atoms with Crippen LogP contribution in [0, 0.1) is 0 Å². The molecule has 3 nitrogen and oxygen atoms in total. The predicted octanol–water partition coefficient (Wildman–Crippen LogP) is 0.550.